The summed E-state index contributed by atoms with van der Waals surface area (Å²) in [6.45, 7) is 3.95. The lowest BCUT2D eigenvalue weighted by molar-refractivity contribution is -0.131. The second-order valence-corrected chi connectivity index (χ2v) is 9.51. The first kappa shape index (κ1) is 21.1. The number of thiophene rings is 1. The third-order valence-electron chi connectivity index (χ3n) is 3.73. The highest BCUT2D eigenvalue weighted by Crippen LogP contribution is 2.23. The third-order valence-corrected chi connectivity index (χ3v) is 6.76. The van der Waals surface area contributed by atoms with Crippen molar-refractivity contribution < 1.29 is 13.2 Å². The summed E-state index contributed by atoms with van der Waals surface area (Å²) < 4.78 is 26.9. The highest BCUT2D eigenvalue weighted by molar-refractivity contribution is 7.89. The fourth-order valence-electron chi connectivity index (χ4n) is 2.29. The Morgan fingerprint density at radius 3 is 2.48 bits per heavy atom. The van der Waals surface area contributed by atoms with Crippen molar-refractivity contribution >= 4 is 38.9 Å². The molecule has 0 aliphatic carbocycles. The maximum atomic E-state index is 12.6. The van der Waals surface area contributed by atoms with Gasteiger partial charge in [0.1, 0.15) is 0 Å². The van der Waals surface area contributed by atoms with Gasteiger partial charge in [0.25, 0.3) is 0 Å². The molecule has 0 radical (unpaired) electrons. The first-order chi connectivity index (χ1) is 12.8. The SMILES string of the molecule is C=CCN(Cc1ccc(Cl)s1)C(=O)CN(C)S(=O)(=O)c1ccc(C#N)cc1. The molecule has 0 fully saturated rings. The number of nitriles is 1. The largest absolute Gasteiger partial charge is 0.333 e. The van der Waals surface area contributed by atoms with Crippen molar-refractivity contribution in [3.63, 3.8) is 0 Å². The maximum Gasteiger partial charge on any atom is 0.243 e. The van der Waals surface area contributed by atoms with Crippen molar-refractivity contribution in [1.82, 2.24) is 9.21 Å². The van der Waals surface area contributed by atoms with E-state index in [1.807, 2.05) is 12.1 Å². The van der Waals surface area contributed by atoms with Crippen LogP contribution in [0.15, 0.2) is 53.9 Å². The molecule has 27 heavy (non-hydrogen) atoms. The highest BCUT2D eigenvalue weighted by atomic mass is 35.5. The highest BCUT2D eigenvalue weighted by Gasteiger charge is 2.25. The molecule has 0 unspecified atom stereocenters. The van der Waals surface area contributed by atoms with Gasteiger partial charge in [-0.1, -0.05) is 17.7 Å². The van der Waals surface area contributed by atoms with Gasteiger partial charge in [0.2, 0.25) is 15.9 Å². The van der Waals surface area contributed by atoms with Crippen molar-refractivity contribution in [2.75, 3.05) is 20.1 Å². The number of halogens is 1. The molecular formula is C18H18ClN3O3S2. The molecule has 1 aromatic carbocycles. The van der Waals surface area contributed by atoms with E-state index in [1.165, 1.54) is 47.5 Å². The van der Waals surface area contributed by atoms with Gasteiger partial charge >= 0.3 is 0 Å². The van der Waals surface area contributed by atoms with Crippen molar-refractivity contribution in [2.24, 2.45) is 0 Å². The van der Waals surface area contributed by atoms with Gasteiger partial charge in [0, 0.05) is 18.5 Å². The molecule has 1 aromatic heterocycles. The lowest BCUT2D eigenvalue weighted by Gasteiger charge is -2.24. The minimum absolute atomic E-state index is 0.0251. The van der Waals surface area contributed by atoms with Crippen LogP contribution in [0.5, 0.6) is 0 Å². The zero-order valence-corrected chi connectivity index (χ0v) is 17.0. The summed E-state index contributed by atoms with van der Waals surface area (Å²) in [5.74, 6) is -0.348. The van der Waals surface area contributed by atoms with Gasteiger partial charge in [-0.15, -0.1) is 17.9 Å². The van der Waals surface area contributed by atoms with Gasteiger partial charge < -0.3 is 4.90 Å². The molecule has 0 N–H and O–H groups in total. The van der Waals surface area contributed by atoms with Crippen LogP contribution in [0.3, 0.4) is 0 Å². The van der Waals surface area contributed by atoms with Gasteiger partial charge in [-0.05, 0) is 36.4 Å². The van der Waals surface area contributed by atoms with Crippen LogP contribution in [0.2, 0.25) is 4.34 Å². The number of carbonyl (C=O) groups excluding carboxylic acids is 1. The average molecular weight is 424 g/mol. The fraction of sp³-hybridized carbons (Fsp3) is 0.222. The second-order valence-electron chi connectivity index (χ2n) is 5.67. The summed E-state index contributed by atoms with van der Waals surface area (Å²) in [6.07, 6.45) is 1.59. The molecule has 9 heteroatoms. The number of benzene rings is 1. The number of hydrogen-bond donors (Lipinski definition) is 0. The van der Waals surface area contributed by atoms with Gasteiger partial charge in [-0.25, -0.2) is 8.42 Å². The monoisotopic (exact) mass is 423 g/mol. The smallest absolute Gasteiger partial charge is 0.243 e. The van der Waals surface area contributed by atoms with Crippen molar-refractivity contribution in [1.29, 1.82) is 5.26 Å². The number of nitrogens with zero attached hydrogens (tertiary/aromatic N) is 3. The first-order valence-corrected chi connectivity index (χ1v) is 10.5. The number of amides is 1. The fourth-order valence-corrected chi connectivity index (χ4v) is 4.52. The topological polar surface area (TPSA) is 81.5 Å². The average Bonchev–Trinajstić information content (AvgIpc) is 3.06. The predicted octanol–water partition coefficient (Wildman–Crippen LogP) is 3.11. The normalized spacial score (nSPS) is 11.2. The zero-order chi connectivity index (χ0) is 20.0. The molecule has 1 heterocycles. The lowest BCUT2D eigenvalue weighted by atomic mass is 10.2. The van der Waals surface area contributed by atoms with Crippen LogP contribution in [0.25, 0.3) is 0 Å². The van der Waals surface area contributed by atoms with E-state index in [4.69, 9.17) is 16.9 Å². The van der Waals surface area contributed by atoms with Gasteiger partial charge in [-0.2, -0.15) is 9.57 Å². The van der Waals surface area contributed by atoms with Crippen LogP contribution in [0, 0.1) is 11.3 Å². The van der Waals surface area contributed by atoms with Crippen LogP contribution in [-0.4, -0.2) is 43.7 Å². The molecule has 0 saturated heterocycles. The summed E-state index contributed by atoms with van der Waals surface area (Å²) in [4.78, 5) is 15.1. The van der Waals surface area contributed by atoms with Crippen LogP contribution >= 0.6 is 22.9 Å². The Bertz CT molecular complexity index is 962. The van der Waals surface area contributed by atoms with Crippen LogP contribution < -0.4 is 0 Å². The Hall–Kier alpha value is -2.18. The molecule has 6 nitrogen and oxygen atoms in total. The number of carbonyl (C=O) groups is 1. The van der Waals surface area contributed by atoms with E-state index in [1.54, 1.807) is 12.1 Å². The molecule has 2 rings (SSSR count). The Labute approximate surface area is 167 Å². The standard InChI is InChI=1S/C18H18ClN3O3S2/c1-3-10-22(12-15-6-9-17(19)26-15)18(23)13-21(2)27(24,25)16-7-4-14(11-20)5-8-16/h3-9H,1,10,12-13H2,2H3. The van der Waals surface area contributed by atoms with E-state index in [-0.39, 0.29) is 17.3 Å². The maximum absolute atomic E-state index is 12.6. The van der Waals surface area contributed by atoms with E-state index in [9.17, 15) is 13.2 Å². The second kappa shape index (κ2) is 9.15. The van der Waals surface area contributed by atoms with Gasteiger partial charge in [0.05, 0.1) is 34.0 Å². The van der Waals surface area contributed by atoms with Crippen molar-refractivity contribution in [3.05, 3.63) is 63.8 Å². The number of likely N-dealkylation sites (N-methyl/N-ethyl adjacent to an activating group) is 1. The van der Waals surface area contributed by atoms with Crippen LogP contribution in [-0.2, 0) is 21.4 Å². The molecular weight excluding hydrogens is 406 g/mol. The Balaban J connectivity index is 2.12. The summed E-state index contributed by atoms with van der Waals surface area (Å²) in [5.41, 5.74) is 0.361. The van der Waals surface area contributed by atoms with Crippen molar-refractivity contribution in [3.8, 4) is 6.07 Å². The van der Waals surface area contributed by atoms with Gasteiger partial charge in [-0.3, -0.25) is 4.79 Å². The molecule has 142 valence electrons. The van der Waals surface area contributed by atoms with Gasteiger partial charge in [0.15, 0.2) is 0 Å². The molecule has 0 saturated carbocycles. The quantitative estimate of drug-likeness (QED) is 0.611. The summed E-state index contributed by atoms with van der Waals surface area (Å²) in [5, 5.41) is 8.82. The summed E-state index contributed by atoms with van der Waals surface area (Å²) in [7, 11) is -2.50. The predicted molar refractivity (Wildman–Crippen MR) is 106 cm³/mol. The van der Waals surface area contributed by atoms with Crippen molar-refractivity contribution in [2.45, 2.75) is 11.4 Å². The number of rotatable bonds is 8. The summed E-state index contributed by atoms with van der Waals surface area (Å²) in [6, 6.07) is 11.1. The minimum Gasteiger partial charge on any atom is -0.333 e. The molecule has 0 bridgehead atoms. The van der Waals surface area contributed by atoms with E-state index >= 15 is 0 Å². The molecule has 0 aliphatic rings. The number of hydrogen-bond acceptors (Lipinski definition) is 5. The third kappa shape index (κ3) is 5.40. The molecule has 0 spiro atoms. The van der Waals surface area contributed by atoms with E-state index < -0.39 is 10.0 Å². The number of sulfonamides is 1. The Kier molecular flexibility index (Phi) is 7.16. The Morgan fingerprint density at radius 2 is 1.96 bits per heavy atom. The zero-order valence-electron chi connectivity index (χ0n) is 14.6. The summed E-state index contributed by atoms with van der Waals surface area (Å²) >= 11 is 7.28. The molecule has 0 atom stereocenters. The molecule has 0 aliphatic heterocycles. The van der Waals surface area contributed by atoms with Crippen LogP contribution in [0.1, 0.15) is 10.4 Å². The van der Waals surface area contributed by atoms with Crippen LogP contribution in [0.4, 0.5) is 0 Å². The first-order valence-electron chi connectivity index (χ1n) is 7.87. The van der Waals surface area contributed by atoms with E-state index in [2.05, 4.69) is 6.58 Å². The van der Waals surface area contributed by atoms with E-state index in [0.717, 1.165) is 9.18 Å². The van der Waals surface area contributed by atoms with E-state index in [0.29, 0.717) is 23.0 Å². The Morgan fingerprint density at radius 1 is 1.30 bits per heavy atom. The molecule has 1 amide bonds. The minimum atomic E-state index is -3.84. The molecule has 2 aromatic rings. The lowest BCUT2D eigenvalue weighted by Crippen LogP contribution is -2.40.